The van der Waals surface area contributed by atoms with Gasteiger partial charge in [-0.15, -0.1) is 0 Å². The third-order valence-electron chi connectivity index (χ3n) is 3.70. The lowest BCUT2D eigenvalue weighted by molar-refractivity contribution is 0.197. The van der Waals surface area contributed by atoms with E-state index in [2.05, 4.69) is 25.2 Å². The van der Waals surface area contributed by atoms with Crippen molar-refractivity contribution >= 4 is 5.69 Å². The molecule has 1 saturated carbocycles. The second kappa shape index (κ2) is 4.61. The number of nitriles is 1. The predicted molar refractivity (Wildman–Crippen MR) is 70.6 cm³/mol. The van der Waals surface area contributed by atoms with Crippen LogP contribution in [-0.4, -0.2) is 5.54 Å². The number of benzene rings is 1. The van der Waals surface area contributed by atoms with E-state index in [0.717, 1.165) is 25.7 Å². The fourth-order valence-electron chi connectivity index (χ4n) is 2.91. The minimum Gasteiger partial charge on any atom is -0.365 e. The molecule has 0 spiro atoms. The highest BCUT2D eigenvalue weighted by atomic mass is 19.1. The fourth-order valence-corrected chi connectivity index (χ4v) is 2.91. The molecule has 1 unspecified atom stereocenters. The summed E-state index contributed by atoms with van der Waals surface area (Å²) in [5.41, 5.74) is -0.0762. The van der Waals surface area contributed by atoms with Gasteiger partial charge in [0.25, 0.3) is 0 Å². The third-order valence-corrected chi connectivity index (χ3v) is 3.70. The van der Waals surface area contributed by atoms with E-state index in [1.54, 1.807) is 18.2 Å². The van der Waals surface area contributed by atoms with Gasteiger partial charge in [0.1, 0.15) is 11.4 Å². The van der Waals surface area contributed by atoms with Crippen LogP contribution in [0.3, 0.4) is 0 Å². The van der Waals surface area contributed by atoms with Crippen LogP contribution in [0.25, 0.3) is 0 Å². The van der Waals surface area contributed by atoms with Crippen LogP contribution in [0.2, 0.25) is 0 Å². The molecule has 0 heterocycles. The zero-order valence-electron chi connectivity index (χ0n) is 11.0. The molecule has 0 amide bonds. The van der Waals surface area contributed by atoms with Gasteiger partial charge in [-0.1, -0.05) is 26.0 Å². The molecule has 96 valence electrons. The van der Waals surface area contributed by atoms with Crippen molar-refractivity contribution in [1.29, 1.82) is 5.26 Å². The number of anilines is 1. The summed E-state index contributed by atoms with van der Waals surface area (Å²) in [6.07, 6.45) is 3.66. The van der Waals surface area contributed by atoms with Crippen molar-refractivity contribution in [3.63, 3.8) is 0 Å². The number of rotatable bonds is 2. The number of hydrogen-bond acceptors (Lipinski definition) is 2. The van der Waals surface area contributed by atoms with Crippen molar-refractivity contribution in [3.8, 4) is 6.07 Å². The Morgan fingerprint density at radius 2 is 2.00 bits per heavy atom. The van der Waals surface area contributed by atoms with Gasteiger partial charge < -0.3 is 5.32 Å². The Balaban J connectivity index is 2.24. The average molecular weight is 246 g/mol. The van der Waals surface area contributed by atoms with E-state index in [1.807, 2.05) is 0 Å². The summed E-state index contributed by atoms with van der Waals surface area (Å²) >= 11 is 0. The fraction of sp³-hybridized carbons (Fsp3) is 0.533. The minimum atomic E-state index is -0.635. The lowest BCUT2D eigenvalue weighted by Gasteiger charge is -2.41. The van der Waals surface area contributed by atoms with E-state index in [-0.39, 0.29) is 11.2 Å². The van der Waals surface area contributed by atoms with Crippen molar-refractivity contribution in [2.45, 2.75) is 45.1 Å². The highest BCUT2D eigenvalue weighted by Gasteiger charge is 2.40. The molecule has 0 aromatic heterocycles. The summed E-state index contributed by atoms with van der Waals surface area (Å²) < 4.78 is 13.7. The largest absolute Gasteiger partial charge is 0.365 e. The summed E-state index contributed by atoms with van der Waals surface area (Å²) in [6.45, 7) is 4.34. The normalized spacial score (nSPS) is 26.3. The summed E-state index contributed by atoms with van der Waals surface area (Å²) in [5.74, 6) is -0.296. The first kappa shape index (κ1) is 12.9. The SMILES string of the molecule is CC1(C)CCCC(C#N)(Nc2ccccc2F)C1. The molecular formula is C15H19FN2. The lowest BCUT2D eigenvalue weighted by atomic mass is 9.68. The van der Waals surface area contributed by atoms with Gasteiger partial charge in [0, 0.05) is 0 Å². The van der Waals surface area contributed by atoms with Gasteiger partial charge in [0.15, 0.2) is 0 Å². The molecule has 0 radical (unpaired) electrons. The van der Waals surface area contributed by atoms with E-state index in [4.69, 9.17) is 0 Å². The maximum Gasteiger partial charge on any atom is 0.146 e. The van der Waals surface area contributed by atoms with Crippen molar-refractivity contribution < 1.29 is 4.39 Å². The van der Waals surface area contributed by atoms with E-state index in [9.17, 15) is 9.65 Å². The Bertz CT molecular complexity index is 476. The van der Waals surface area contributed by atoms with Crippen LogP contribution in [0.5, 0.6) is 0 Å². The van der Waals surface area contributed by atoms with Crippen molar-refractivity contribution in [2.24, 2.45) is 5.41 Å². The Morgan fingerprint density at radius 3 is 2.61 bits per heavy atom. The summed E-state index contributed by atoms with van der Waals surface area (Å²) in [5, 5.41) is 12.6. The molecule has 1 atom stereocenters. The highest BCUT2D eigenvalue weighted by molar-refractivity contribution is 5.49. The van der Waals surface area contributed by atoms with Crippen molar-refractivity contribution in [3.05, 3.63) is 30.1 Å². The molecule has 1 aliphatic carbocycles. The second-order valence-corrected chi connectivity index (χ2v) is 5.99. The number of halogens is 1. The van der Waals surface area contributed by atoms with Crippen LogP contribution >= 0.6 is 0 Å². The molecule has 2 nitrogen and oxygen atoms in total. The predicted octanol–water partition coefficient (Wildman–Crippen LogP) is 4.10. The van der Waals surface area contributed by atoms with Gasteiger partial charge in [-0.2, -0.15) is 5.26 Å². The zero-order chi connectivity index (χ0) is 13.2. The van der Waals surface area contributed by atoms with Crippen molar-refractivity contribution in [1.82, 2.24) is 0 Å². The minimum absolute atomic E-state index is 0.131. The molecule has 0 saturated heterocycles. The average Bonchev–Trinajstić information content (AvgIpc) is 2.31. The van der Waals surface area contributed by atoms with Gasteiger partial charge in [-0.3, -0.25) is 0 Å². The molecule has 1 fully saturated rings. The standard InChI is InChI=1S/C15H19FN2/c1-14(2)8-5-9-15(10-14,11-17)18-13-7-4-3-6-12(13)16/h3-4,6-7,18H,5,8-10H2,1-2H3. The van der Waals surface area contributed by atoms with Crippen LogP contribution in [0, 0.1) is 22.6 Å². The smallest absolute Gasteiger partial charge is 0.146 e. The topological polar surface area (TPSA) is 35.8 Å². The number of nitrogens with one attached hydrogen (secondary N) is 1. The molecular weight excluding hydrogens is 227 g/mol. The van der Waals surface area contributed by atoms with Crippen LogP contribution in [0.1, 0.15) is 39.5 Å². The molecule has 0 bridgehead atoms. The monoisotopic (exact) mass is 246 g/mol. The first-order valence-corrected chi connectivity index (χ1v) is 6.40. The zero-order valence-corrected chi connectivity index (χ0v) is 11.0. The Morgan fingerprint density at radius 1 is 1.28 bits per heavy atom. The second-order valence-electron chi connectivity index (χ2n) is 5.99. The quantitative estimate of drug-likeness (QED) is 0.852. The van der Waals surface area contributed by atoms with Gasteiger partial charge in [-0.05, 0) is 43.2 Å². The number of para-hydroxylation sites is 1. The van der Waals surface area contributed by atoms with Gasteiger partial charge in [0.05, 0.1) is 11.8 Å². The molecule has 18 heavy (non-hydrogen) atoms. The van der Waals surface area contributed by atoms with E-state index < -0.39 is 5.54 Å². The third kappa shape index (κ3) is 2.64. The van der Waals surface area contributed by atoms with E-state index in [0.29, 0.717) is 5.69 Å². The molecule has 3 heteroatoms. The molecule has 1 aromatic carbocycles. The first-order chi connectivity index (χ1) is 8.46. The summed E-state index contributed by atoms with van der Waals surface area (Å²) in [4.78, 5) is 0. The van der Waals surface area contributed by atoms with Crippen LogP contribution in [-0.2, 0) is 0 Å². The first-order valence-electron chi connectivity index (χ1n) is 6.40. The molecule has 2 rings (SSSR count). The van der Waals surface area contributed by atoms with E-state index in [1.165, 1.54) is 6.07 Å². The summed E-state index contributed by atoms with van der Waals surface area (Å²) in [7, 11) is 0. The summed E-state index contributed by atoms with van der Waals surface area (Å²) in [6, 6.07) is 8.92. The van der Waals surface area contributed by atoms with Crippen molar-refractivity contribution in [2.75, 3.05) is 5.32 Å². The van der Waals surface area contributed by atoms with Crippen LogP contribution in [0.4, 0.5) is 10.1 Å². The van der Waals surface area contributed by atoms with Gasteiger partial charge in [0.2, 0.25) is 0 Å². The Hall–Kier alpha value is -1.56. The molecule has 1 aromatic rings. The Kier molecular flexibility index (Phi) is 3.30. The van der Waals surface area contributed by atoms with E-state index >= 15 is 0 Å². The number of hydrogen-bond donors (Lipinski definition) is 1. The molecule has 1 aliphatic rings. The van der Waals surface area contributed by atoms with Crippen LogP contribution < -0.4 is 5.32 Å². The molecule has 0 aliphatic heterocycles. The Labute approximate surface area is 108 Å². The van der Waals surface area contributed by atoms with Gasteiger partial charge >= 0.3 is 0 Å². The number of nitrogens with zero attached hydrogens (tertiary/aromatic N) is 1. The maximum atomic E-state index is 13.7. The van der Waals surface area contributed by atoms with Gasteiger partial charge in [-0.25, -0.2) is 4.39 Å². The highest BCUT2D eigenvalue weighted by Crippen LogP contribution is 2.42. The molecule has 1 N–H and O–H groups in total. The van der Waals surface area contributed by atoms with Crippen LogP contribution in [0.15, 0.2) is 24.3 Å². The maximum absolute atomic E-state index is 13.7. The lowest BCUT2D eigenvalue weighted by Crippen LogP contribution is -2.44.